The zero-order chi connectivity index (χ0) is 16.8. The van der Waals surface area contributed by atoms with Crippen LogP contribution >= 0.6 is 0 Å². The molecule has 0 spiro atoms. The Balaban J connectivity index is 2.40. The van der Waals surface area contributed by atoms with Crippen molar-refractivity contribution in [3.8, 4) is 28.5 Å². The average Bonchev–Trinajstić information content (AvgIpc) is 2.60. The number of pyridine rings is 1. The number of carbonyl (C=O) groups is 1. The Morgan fingerprint density at radius 1 is 1.04 bits per heavy atom. The lowest BCUT2D eigenvalue weighted by atomic mass is 10.1. The number of benzene rings is 1. The van der Waals surface area contributed by atoms with Crippen LogP contribution in [0.25, 0.3) is 11.3 Å². The number of aromatic nitrogens is 1. The molecular formula is C17H19NO5. The van der Waals surface area contributed by atoms with Gasteiger partial charge in [-0.25, -0.2) is 4.79 Å². The lowest BCUT2D eigenvalue weighted by Gasteiger charge is -2.14. The number of hydrogen-bond acceptors (Lipinski definition) is 6. The van der Waals surface area contributed by atoms with Crippen molar-refractivity contribution in [2.75, 3.05) is 27.9 Å². The van der Waals surface area contributed by atoms with E-state index in [4.69, 9.17) is 18.9 Å². The SMILES string of the molecule is CCOC(=O)c1ccc(-c2cc(OC)c(OC)c(OC)c2)nc1. The van der Waals surface area contributed by atoms with Crippen molar-refractivity contribution in [2.24, 2.45) is 0 Å². The Bertz CT molecular complexity index is 657. The minimum atomic E-state index is -0.392. The molecule has 1 aromatic heterocycles. The second-order valence-corrected chi connectivity index (χ2v) is 4.57. The van der Waals surface area contributed by atoms with Gasteiger partial charge in [0.25, 0.3) is 0 Å². The lowest BCUT2D eigenvalue weighted by molar-refractivity contribution is 0.0526. The molecule has 1 heterocycles. The number of methoxy groups -OCH3 is 3. The van der Waals surface area contributed by atoms with E-state index in [1.807, 2.05) is 0 Å². The van der Waals surface area contributed by atoms with Crippen LogP contribution in [-0.4, -0.2) is 38.9 Å². The monoisotopic (exact) mass is 317 g/mol. The highest BCUT2D eigenvalue weighted by molar-refractivity contribution is 5.89. The number of hydrogen-bond donors (Lipinski definition) is 0. The van der Waals surface area contributed by atoms with Crippen molar-refractivity contribution in [2.45, 2.75) is 6.92 Å². The standard InChI is InChI=1S/C17H19NO5/c1-5-23-17(19)11-6-7-13(18-10-11)12-8-14(20-2)16(22-4)15(9-12)21-3/h6-10H,5H2,1-4H3. The second kappa shape index (κ2) is 7.49. The number of carbonyl (C=O) groups excluding carboxylic acids is 1. The van der Waals surface area contributed by atoms with Gasteiger partial charge >= 0.3 is 5.97 Å². The van der Waals surface area contributed by atoms with Gasteiger partial charge in [-0.2, -0.15) is 0 Å². The molecule has 0 amide bonds. The van der Waals surface area contributed by atoms with Gasteiger partial charge in [0.15, 0.2) is 11.5 Å². The van der Waals surface area contributed by atoms with Crippen LogP contribution in [0.3, 0.4) is 0 Å². The summed E-state index contributed by atoms with van der Waals surface area (Å²) in [5.74, 6) is 1.20. The van der Waals surface area contributed by atoms with Gasteiger partial charge in [0, 0.05) is 11.8 Å². The molecule has 1 aromatic carbocycles. The van der Waals surface area contributed by atoms with Crippen LogP contribution in [0.4, 0.5) is 0 Å². The number of nitrogens with zero attached hydrogens (tertiary/aromatic N) is 1. The molecule has 0 atom stereocenters. The summed E-state index contributed by atoms with van der Waals surface area (Å²) in [6, 6.07) is 7.01. The summed E-state index contributed by atoms with van der Waals surface area (Å²) in [6.45, 7) is 2.09. The molecule has 0 aliphatic rings. The van der Waals surface area contributed by atoms with Gasteiger partial charge in [0.2, 0.25) is 5.75 Å². The molecule has 23 heavy (non-hydrogen) atoms. The van der Waals surface area contributed by atoms with E-state index >= 15 is 0 Å². The third-order valence-electron chi connectivity index (χ3n) is 3.24. The zero-order valence-electron chi connectivity index (χ0n) is 13.6. The lowest BCUT2D eigenvalue weighted by Crippen LogP contribution is -2.05. The highest BCUT2D eigenvalue weighted by Crippen LogP contribution is 2.40. The van der Waals surface area contributed by atoms with Crippen molar-refractivity contribution in [3.05, 3.63) is 36.0 Å². The number of esters is 1. The van der Waals surface area contributed by atoms with Crippen LogP contribution in [0.15, 0.2) is 30.5 Å². The summed E-state index contributed by atoms with van der Waals surface area (Å²) in [6.07, 6.45) is 1.48. The highest BCUT2D eigenvalue weighted by atomic mass is 16.5. The van der Waals surface area contributed by atoms with Gasteiger partial charge in [-0.3, -0.25) is 4.98 Å². The molecule has 0 saturated heterocycles. The van der Waals surface area contributed by atoms with Gasteiger partial charge < -0.3 is 18.9 Å². The normalized spacial score (nSPS) is 10.1. The van der Waals surface area contributed by atoms with Crippen molar-refractivity contribution in [1.29, 1.82) is 0 Å². The molecule has 0 fully saturated rings. The van der Waals surface area contributed by atoms with Gasteiger partial charge in [0.05, 0.1) is 39.2 Å². The van der Waals surface area contributed by atoms with Gasteiger partial charge in [-0.1, -0.05) is 0 Å². The van der Waals surface area contributed by atoms with E-state index < -0.39 is 5.97 Å². The first-order chi connectivity index (χ1) is 11.1. The Labute approximate surface area is 135 Å². The quantitative estimate of drug-likeness (QED) is 0.763. The van der Waals surface area contributed by atoms with E-state index in [-0.39, 0.29) is 0 Å². The van der Waals surface area contributed by atoms with E-state index in [1.165, 1.54) is 6.20 Å². The van der Waals surface area contributed by atoms with Crippen molar-refractivity contribution >= 4 is 5.97 Å². The first-order valence-corrected chi connectivity index (χ1v) is 7.08. The minimum Gasteiger partial charge on any atom is -0.493 e. The molecular weight excluding hydrogens is 298 g/mol. The summed E-state index contributed by atoms with van der Waals surface area (Å²) in [5, 5.41) is 0. The van der Waals surface area contributed by atoms with Crippen molar-refractivity contribution in [1.82, 2.24) is 4.98 Å². The Kier molecular flexibility index (Phi) is 5.41. The largest absolute Gasteiger partial charge is 0.493 e. The summed E-state index contributed by atoms with van der Waals surface area (Å²) in [5.41, 5.74) is 1.87. The summed E-state index contributed by atoms with van der Waals surface area (Å²) >= 11 is 0. The van der Waals surface area contributed by atoms with Crippen LogP contribution in [-0.2, 0) is 4.74 Å². The summed E-state index contributed by atoms with van der Waals surface area (Å²) < 4.78 is 20.9. The predicted molar refractivity (Wildman–Crippen MR) is 85.3 cm³/mol. The van der Waals surface area contributed by atoms with E-state index in [2.05, 4.69) is 4.98 Å². The molecule has 0 radical (unpaired) electrons. The van der Waals surface area contributed by atoms with E-state index in [0.29, 0.717) is 35.1 Å². The highest BCUT2D eigenvalue weighted by Gasteiger charge is 2.15. The molecule has 122 valence electrons. The molecule has 2 rings (SSSR count). The van der Waals surface area contributed by atoms with Crippen molar-refractivity contribution in [3.63, 3.8) is 0 Å². The summed E-state index contributed by atoms with van der Waals surface area (Å²) in [7, 11) is 4.66. The van der Waals surface area contributed by atoms with E-state index in [0.717, 1.165) is 5.56 Å². The molecule has 0 unspecified atom stereocenters. The van der Waals surface area contributed by atoms with Gasteiger partial charge in [-0.05, 0) is 31.2 Å². The maximum absolute atomic E-state index is 11.7. The topological polar surface area (TPSA) is 66.9 Å². The van der Waals surface area contributed by atoms with Crippen LogP contribution in [0.2, 0.25) is 0 Å². The fraction of sp³-hybridized carbons (Fsp3) is 0.294. The fourth-order valence-electron chi connectivity index (χ4n) is 2.13. The fourth-order valence-corrected chi connectivity index (χ4v) is 2.13. The maximum Gasteiger partial charge on any atom is 0.339 e. The number of rotatable bonds is 6. The molecule has 0 aliphatic carbocycles. The molecule has 6 heteroatoms. The third-order valence-corrected chi connectivity index (χ3v) is 3.24. The molecule has 0 aliphatic heterocycles. The summed E-state index contributed by atoms with van der Waals surface area (Å²) in [4.78, 5) is 16.0. The number of ether oxygens (including phenoxy) is 4. The second-order valence-electron chi connectivity index (χ2n) is 4.57. The van der Waals surface area contributed by atoms with E-state index in [1.54, 1.807) is 52.5 Å². The Morgan fingerprint density at radius 3 is 2.13 bits per heavy atom. The van der Waals surface area contributed by atoms with Crippen LogP contribution in [0, 0.1) is 0 Å². The first kappa shape index (κ1) is 16.6. The molecule has 0 saturated carbocycles. The molecule has 2 aromatic rings. The van der Waals surface area contributed by atoms with Crippen LogP contribution in [0.1, 0.15) is 17.3 Å². The van der Waals surface area contributed by atoms with Gasteiger partial charge in [-0.15, -0.1) is 0 Å². The molecule has 6 nitrogen and oxygen atoms in total. The van der Waals surface area contributed by atoms with Gasteiger partial charge in [0.1, 0.15) is 0 Å². The minimum absolute atomic E-state index is 0.327. The average molecular weight is 317 g/mol. The van der Waals surface area contributed by atoms with Crippen LogP contribution in [0.5, 0.6) is 17.2 Å². The Hall–Kier alpha value is -2.76. The van der Waals surface area contributed by atoms with Crippen molar-refractivity contribution < 1.29 is 23.7 Å². The molecule has 0 bridgehead atoms. The smallest absolute Gasteiger partial charge is 0.339 e. The first-order valence-electron chi connectivity index (χ1n) is 7.08. The van der Waals surface area contributed by atoms with Crippen LogP contribution < -0.4 is 14.2 Å². The third kappa shape index (κ3) is 3.53. The Morgan fingerprint density at radius 2 is 1.70 bits per heavy atom. The maximum atomic E-state index is 11.7. The predicted octanol–water partition coefficient (Wildman–Crippen LogP) is 2.95. The van der Waals surface area contributed by atoms with E-state index in [9.17, 15) is 4.79 Å². The zero-order valence-corrected chi connectivity index (χ0v) is 13.6. The molecule has 0 N–H and O–H groups in total.